The van der Waals surface area contributed by atoms with Gasteiger partial charge in [-0.25, -0.2) is 0 Å². The van der Waals surface area contributed by atoms with Crippen LogP contribution in [0.5, 0.6) is 0 Å². The molecule has 0 amide bonds. The second-order valence-electron chi connectivity index (χ2n) is 12.3. The minimum Gasteiger partial charge on any atom is -1.00 e. The smallest absolute Gasteiger partial charge is 1.00 e. The van der Waals surface area contributed by atoms with Gasteiger partial charge in [0, 0.05) is 0 Å². The number of halogens is 2. The second kappa shape index (κ2) is 12.0. The Bertz CT molecular complexity index is 1520. The summed E-state index contributed by atoms with van der Waals surface area (Å²) in [6.07, 6.45) is 4.79. The molecule has 0 N–H and O–H groups in total. The maximum atomic E-state index is 2.58. The van der Waals surface area contributed by atoms with Gasteiger partial charge >= 0.3 is 236 Å². The van der Waals surface area contributed by atoms with Crippen LogP contribution in [-0.2, 0) is 28.8 Å². The van der Waals surface area contributed by atoms with E-state index in [4.69, 9.17) is 0 Å². The Hall–Kier alpha value is -1.70. The molecule has 1 unspecified atom stereocenters. The van der Waals surface area contributed by atoms with Gasteiger partial charge in [0.15, 0.2) is 0 Å². The van der Waals surface area contributed by atoms with Gasteiger partial charge < -0.3 is 24.8 Å². The van der Waals surface area contributed by atoms with Crippen molar-refractivity contribution in [2.45, 2.75) is 52.6 Å². The van der Waals surface area contributed by atoms with E-state index in [0.717, 1.165) is 12.8 Å². The van der Waals surface area contributed by atoms with Crippen LogP contribution in [-0.4, -0.2) is 5.92 Å². The molecule has 0 saturated carbocycles. The summed E-state index contributed by atoms with van der Waals surface area (Å²) in [5.41, 5.74) is 15.3. The van der Waals surface area contributed by atoms with Crippen LogP contribution >= 0.6 is 0 Å². The van der Waals surface area contributed by atoms with Gasteiger partial charge in [0.05, 0.1) is 0 Å². The standard InChI is InChI=1S/C33H29.C2H7Si.2ClH.Zr/c1-33(2,3)21-24-20-30-25(22-11-5-4-6-12-22)15-9-17-28(30)32(24)29-18-10-16-27-26-14-8-7-13-23(26)19-31(27)29;1-3-2;;;/h4-17,20,32H,19,21H2,1-3H3;3H,1-2H3;2*1H;/q;;;;+2/p-2. The molecule has 0 radical (unpaired) electrons. The zero-order chi connectivity index (χ0) is 25.7. The fraction of sp³-hybridized carbons (Fsp3) is 0.257. The molecule has 6 rings (SSSR count). The minimum atomic E-state index is -0.628. The van der Waals surface area contributed by atoms with E-state index in [-0.39, 0.29) is 30.2 Å². The molecule has 0 fully saturated rings. The number of hydrogen-bond acceptors (Lipinski definition) is 0. The predicted molar refractivity (Wildman–Crippen MR) is 159 cm³/mol. The molecule has 0 aromatic heterocycles. The SMILES string of the molecule is C[SiH](C)[Zr+2][c]1ccc2c(c1C1C(CC(C)(C)C)=Cc3c(-c4ccccc4)cccc31)Cc1ccccc1-2.[Cl-].[Cl-]. The zero-order valence-corrected chi connectivity index (χ0v) is 28.6. The third-order valence-electron chi connectivity index (χ3n) is 7.74. The first-order valence-corrected chi connectivity index (χ1v) is 22.1. The minimum absolute atomic E-state index is 0. The molecular formula is C35H36Cl2SiZr. The normalized spacial score (nSPS) is 14.9. The molecule has 4 aromatic rings. The van der Waals surface area contributed by atoms with Gasteiger partial charge in [0.25, 0.3) is 0 Å². The fourth-order valence-corrected chi connectivity index (χ4v) is 14.7. The largest absolute Gasteiger partial charge is 1.00 e. The summed E-state index contributed by atoms with van der Waals surface area (Å²) in [5.74, 6) is -0.247. The molecule has 2 aliphatic rings. The molecule has 0 heterocycles. The average Bonchev–Trinajstić information content (AvgIpc) is 3.41. The van der Waals surface area contributed by atoms with Crippen LogP contribution in [0.4, 0.5) is 0 Å². The summed E-state index contributed by atoms with van der Waals surface area (Å²) in [6.45, 7) is 12.3. The van der Waals surface area contributed by atoms with Crippen LogP contribution < -0.4 is 28.1 Å². The van der Waals surface area contributed by atoms with E-state index < -0.39 is 28.3 Å². The van der Waals surface area contributed by atoms with Crippen molar-refractivity contribution in [1.29, 1.82) is 0 Å². The first kappa shape index (κ1) is 30.3. The van der Waals surface area contributed by atoms with Gasteiger partial charge in [-0.2, -0.15) is 0 Å². The Kier molecular flexibility index (Phi) is 9.34. The monoisotopic (exact) mass is 644 g/mol. The summed E-state index contributed by atoms with van der Waals surface area (Å²) in [7, 11) is 0. The van der Waals surface area contributed by atoms with Gasteiger partial charge in [0.1, 0.15) is 0 Å². The molecule has 0 spiro atoms. The molecule has 0 nitrogen and oxygen atoms in total. The molecule has 4 aromatic carbocycles. The quantitative estimate of drug-likeness (QED) is 0.258. The summed E-state index contributed by atoms with van der Waals surface area (Å²) in [4.78, 5) is 0. The van der Waals surface area contributed by atoms with Crippen LogP contribution in [0.2, 0.25) is 13.1 Å². The van der Waals surface area contributed by atoms with Crippen LogP contribution in [0.3, 0.4) is 0 Å². The van der Waals surface area contributed by atoms with Gasteiger partial charge in [-0.05, 0) is 0 Å². The molecule has 39 heavy (non-hydrogen) atoms. The Morgan fingerprint density at radius 3 is 2.18 bits per heavy atom. The van der Waals surface area contributed by atoms with Crippen molar-refractivity contribution in [2.75, 3.05) is 0 Å². The maximum absolute atomic E-state index is 2.58. The number of hydrogen-bond donors (Lipinski definition) is 0. The van der Waals surface area contributed by atoms with Crippen molar-refractivity contribution in [2.24, 2.45) is 5.41 Å². The van der Waals surface area contributed by atoms with Gasteiger partial charge in [-0.3, -0.25) is 0 Å². The Balaban J connectivity index is 0.00000176. The van der Waals surface area contributed by atoms with E-state index in [9.17, 15) is 0 Å². The number of benzene rings is 4. The molecule has 198 valence electrons. The first-order chi connectivity index (χ1) is 17.8. The van der Waals surface area contributed by atoms with Crippen molar-refractivity contribution in [1.82, 2.24) is 0 Å². The Morgan fingerprint density at radius 1 is 0.769 bits per heavy atom. The van der Waals surface area contributed by atoms with Crippen LogP contribution in [0, 0.1) is 5.41 Å². The molecule has 1 atom stereocenters. The van der Waals surface area contributed by atoms with E-state index in [1.165, 1.54) is 38.9 Å². The zero-order valence-electron chi connectivity index (χ0n) is 23.5. The third-order valence-corrected chi connectivity index (χ3v) is 16.2. The van der Waals surface area contributed by atoms with E-state index >= 15 is 0 Å². The van der Waals surface area contributed by atoms with Gasteiger partial charge in [0.2, 0.25) is 0 Å². The molecular weight excluding hydrogens is 611 g/mol. The number of fused-ring (bicyclic) bond motifs is 4. The van der Waals surface area contributed by atoms with Crippen molar-refractivity contribution in [3.05, 3.63) is 118 Å². The molecule has 0 saturated heterocycles. The molecule has 4 heteroatoms. The van der Waals surface area contributed by atoms with Crippen LogP contribution in [0.1, 0.15) is 60.9 Å². The summed E-state index contributed by atoms with van der Waals surface area (Å²) >= 11 is -0.596. The Morgan fingerprint density at radius 2 is 1.46 bits per heavy atom. The summed E-state index contributed by atoms with van der Waals surface area (Å²) in [6, 6.07) is 32.2. The number of rotatable bonds is 5. The van der Waals surface area contributed by atoms with Crippen molar-refractivity contribution in [3.63, 3.8) is 0 Å². The molecule has 2 aliphatic carbocycles. The summed E-state index contributed by atoms with van der Waals surface area (Å²) in [5, 5.41) is 0. The molecule has 0 aliphatic heterocycles. The van der Waals surface area contributed by atoms with Crippen molar-refractivity contribution in [3.8, 4) is 22.3 Å². The van der Waals surface area contributed by atoms with E-state index in [2.05, 4.69) is 125 Å². The summed E-state index contributed by atoms with van der Waals surface area (Å²) < 4.78 is 1.76. The topological polar surface area (TPSA) is 0 Å². The average molecular weight is 647 g/mol. The maximum Gasteiger partial charge on any atom is -1.00 e. The van der Waals surface area contributed by atoms with Crippen molar-refractivity contribution < 1.29 is 47.2 Å². The first-order valence-electron chi connectivity index (χ1n) is 13.7. The van der Waals surface area contributed by atoms with Crippen LogP contribution in [0.15, 0.2) is 90.5 Å². The number of allylic oxidation sites excluding steroid dienone is 1. The van der Waals surface area contributed by atoms with E-state index in [0.29, 0.717) is 5.92 Å². The van der Waals surface area contributed by atoms with E-state index in [1.807, 2.05) is 0 Å². The fourth-order valence-electron chi connectivity index (χ4n) is 6.44. The third kappa shape index (κ3) is 5.87. The van der Waals surface area contributed by atoms with Crippen LogP contribution in [0.25, 0.3) is 28.3 Å². The van der Waals surface area contributed by atoms with Gasteiger partial charge in [-0.15, -0.1) is 0 Å². The van der Waals surface area contributed by atoms with Crippen molar-refractivity contribution >= 4 is 15.3 Å². The van der Waals surface area contributed by atoms with Gasteiger partial charge in [-0.1, -0.05) is 0 Å². The second-order valence-corrected chi connectivity index (χ2v) is 26.8. The Labute approximate surface area is 259 Å². The predicted octanol–water partition coefficient (Wildman–Crippen LogP) is 2.59. The molecule has 0 bridgehead atoms. The van der Waals surface area contributed by atoms with E-state index in [1.54, 1.807) is 20.0 Å².